The van der Waals surface area contributed by atoms with Crippen LogP contribution in [-0.4, -0.2) is 60.3 Å². The van der Waals surface area contributed by atoms with Crippen LogP contribution in [0.3, 0.4) is 0 Å². The lowest BCUT2D eigenvalue weighted by atomic mass is 9.92. The van der Waals surface area contributed by atoms with Crippen LogP contribution in [0.15, 0.2) is 18.3 Å². The minimum Gasteiger partial charge on any atom is -0.355 e. The first kappa shape index (κ1) is 17.1. The van der Waals surface area contributed by atoms with Crippen LogP contribution in [0.4, 0.5) is 5.82 Å². The van der Waals surface area contributed by atoms with Crippen molar-refractivity contribution in [1.82, 2.24) is 20.4 Å². The minimum atomic E-state index is 0.312. The number of nitrogens with one attached hydrogen (secondary N) is 1. The Hall–Kier alpha value is -1.69. The summed E-state index contributed by atoms with van der Waals surface area (Å²) in [6, 6.07) is 4.28. The minimum absolute atomic E-state index is 0.312. The zero-order valence-electron chi connectivity index (χ0n) is 14.7. The van der Waals surface area contributed by atoms with Crippen LogP contribution in [0.5, 0.6) is 0 Å². The second-order valence-corrected chi connectivity index (χ2v) is 7.04. The number of carbonyl (C=O) groups is 1. The summed E-state index contributed by atoms with van der Waals surface area (Å²) in [6.07, 6.45) is 7.89. The monoisotopic (exact) mass is 331 g/mol. The molecular formula is C18H29N5O. The van der Waals surface area contributed by atoms with E-state index in [2.05, 4.69) is 20.4 Å². The second kappa shape index (κ2) is 8.42. The first-order chi connectivity index (χ1) is 11.7. The van der Waals surface area contributed by atoms with Gasteiger partial charge in [0.1, 0.15) is 0 Å². The van der Waals surface area contributed by atoms with Crippen molar-refractivity contribution in [2.24, 2.45) is 5.92 Å². The summed E-state index contributed by atoms with van der Waals surface area (Å²) >= 11 is 0. The number of aromatic nitrogens is 2. The molecule has 2 saturated heterocycles. The second-order valence-electron chi connectivity index (χ2n) is 7.04. The smallest absolute Gasteiger partial charge is 0.222 e. The molecule has 132 valence electrons. The molecule has 2 aliphatic rings. The lowest BCUT2D eigenvalue weighted by Crippen LogP contribution is -2.46. The van der Waals surface area contributed by atoms with Gasteiger partial charge in [0.2, 0.25) is 5.91 Å². The van der Waals surface area contributed by atoms with E-state index in [-0.39, 0.29) is 0 Å². The highest BCUT2D eigenvalue weighted by molar-refractivity contribution is 5.76. The third-order valence-corrected chi connectivity index (χ3v) is 5.51. The molecule has 0 aromatic carbocycles. The third-order valence-electron chi connectivity index (χ3n) is 5.51. The van der Waals surface area contributed by atoms with Gasteiger partial charge < -0.3 is 15.1 Å². The van der Waals surface area contributed by atoms with Crippen molar-refractivity contribution >= 4 is 11.7 Å². The van der Waals surface area contributed by atoms with Crippen molar-refractivity contribution in [3.05, 3.63) is 18.3 Å². The quantitative estimate of drug-likeness (QED) is 0.889. The number of piperidine rings is 2. The number of hydrogen-bond acceptors (Lipinski definition) is 5. The van der Waals surface area contributed by atoms with E-state index in [1.165, 1.54) is 12.8 Å². The lowest BCUT2D eigenvalue weighted by molar-refractivity contribution is -0.132. The number of hydrogen-bond donors (Lipinski definition) is 1. The van der Waals surface area contributed by atoms with Gasteiger partial charge in [0.25, 0.3) is 0 Å². The predicted octanol–water partition coefficient (Wildman–Crippen LogP) is 1.68. The molecule has 1 aromatic heterocycles. The maximum atomic E-state index is 12.5. The Balaban J connectivity index is 1.42. The molecule has 2 aliphatic heterocycles. The van der Waals surface area contributed by atoms with E-state index >= 15 is 0 Å². The Morgan fingerprint density at radius 3 is 2.71 bits per heavy atom. The Morgan fingerprint density at radius 2 is 2.04 bits per heavy atom. The first-order valence-corrected chi connectivity index (χ1v) is 9.23. The fourth-order valence-corrected chi connectivity index (χ4v) is 3.82. The van der Waals surface area contributed by atoms with Crippen LogP contribution in [0.1, 0.15) is 38.5 Å². The molecular weight excluding hydrogens is 302 g/mol. The van der Waals surface area contributed by atoms with Gasteiger partial charge in [-0.05, 0) is 63.2 Å². The van der Waals surface area contributed by atoms with Crippen molar-refractivity contribution in [2.45, 2.75) is 44.6 Å². The van der Waals surface area contributed by atoms with Gasteiger partial charge in [-0.1, -0.05) is 0 Å². The van der Waals surface area contributed by atoms with E-state index in [1.54, 1.807) is 6.20 Å². The highest BCUT2D eigenvalue weighted by atomic mass is 16.2. The fraction of sp³-hybridized carbons (Fsp3) is 0.722. The van der Waals surface area contributed by atoms with Gasteiger partial charge in [0, 0.05) is 38.8 Å². The summed E-state index contributed by atoms with van der Waals surface area (Å²) in [5.74, 6) is 1.98. The molecule has 24 heavy (non-hydrogen) atoms. The number of anilines is 1. The Labute approximate surface area is 144 Å². The largest absolute Gasteiger partial charge is 0.355 e. The molecule has 1 amide bonds. The Morgan fingerprint density at radius 1 is 1.29 bits per heavy atom. The summed E-state index contributed by atoms with van der Waals surface area (Å²) in [6.45, 7) is 4.09. The van der Waals surface area contributed by atoms with Gasteiger partial charge >= 0.3 is 0 Å². The molecule has 0 saturated carbocycles. The highest BCUT2D eigenvalue weighted by Crippen LogP contribution is 2.22. The van der Waals surface area contributed by atoms with E-state index < -0.39 is 0 Å². The summed E-state index contributed by atoms with van der Waals surface area (Å²) in [5, 5.41) is 11.5. The molecule has 0 radical (unpaired) electrons. The highest BCUT2D eigenvalue weighted by Gasteiger charge is 2.26. The Kier molecular flexibility index (Phi) is 6.01. The average molecular weight is 331 g/mol. The van der Waals surface area contributed by atoms with Gasteiger partial charge in [0.15, 0.2) is 5.82 Å². The third kappa shape index (κ3) is 4.44. The summed E-state index contributed by atoms with van der Waals surface area (Å²) in [7, 11) is 1.98. The molecule has 1 N–H and O–H groups in total. The number of rotatable bonds is 5. The zero-order chi connectivity index (χ0) is 16.8. The maximum absolute atomic E-state index is 12.5. The van der Waals surface area contributed by atoms with E-state index in [4.69, 9.17) is 0 Å². The molecule has 2 fully saturated rings. The summed E-state index contributed by atoms with van der Waals surface area (Å²) in [4.78, 5) is 16.8. The molecule has 0 unspecified atom stereocenters. The van der Waals surface area contributed by atoms with Gasteiger partial charge in [-0.25, -0.2) is 0 Å². The van der Waals surface area contributed by atoms with Gasteiger partial charge in [-0.15, -0.1) is 5.10 Å². The number of amides is 1. The molecule has 0 atom stereocenters. The van der Waals surface area contributed by atoms with Crippen molar-refractivity contribution < 1.29 is 4.79 Å². The van der Waals surface area contributed by atoms with Crippen LogP contribution in [0, 0.1) is 5.92 Å². The Bertz CT molecular complexity index is 509. The number of carbonyl (C=O) groups excluding carboxylic acids is 1. The van der Waals surface area contributed by atoms with Crippen LogP contribution in [-0.2, 0) is 4.79 Å². The maximum Gasteiger partial charge on any atom is 0.222 e. The number of nitrogens with zero attached hydrogens (tertiary/aromatic N) is 4. The van der Waals surface area contributed by atoms with Gasteiger partial charge in [-0.3, -0.25) is 4.79 Å². The van der Waals surface area contributed by atoms with Crippen LogP contribution < -0.4 is 10.2 Å². The molecule has 0 spiro atoms. The van der Waals surface area contributed by atoms with Crippen molar-refractivity contribution in [1.29, 1.82) is 0 Å². The standard InChI is InChI=1S/C18H29N5O/c1-22(18(24)5-4-15-6-11-19-12-7-15)16-8-13-23(14-9-16)17-3-2-10-20-21-17/h2-3,10,15-16,19H,4-9,11-14H2,1H3. The van der Waals surface area contributed by atoms with E-state index in [1.807, 2.05) is 24.1 Å². The van der Waals surface area contributed by atoms with Crippen LogP contribution in [0.2, 0.25) is 0 Å². The zero-order valence-corrected chi connectivity index (χ0v) is 14.7. The topological polar surface area (TPSA) is 61.4 Å². The molecule has 1 aromatic rings. The van der Waals surface area contributed by atoms with E-state index in [0.29, 0.717) is 18.4 Å². The van der Waals surface area contributed by atoms with E-state index in [0.717, 1.165) is 57.2 Å². The van der Waals surface area contributed by atoms with Crippen LogP contribution >= 0.6 is 0 Å². The van der Waals surface area contributed by atoms with Crippen molar-refractivity contribution in [2.75, 3.05) is 38.1 Å². The summed E-state index contributed by atoms with van der Waals surface area (Å²) in [5.41, 5.74) is 0. The summed E-state index contributed by atoms with van der Waals surface area (Å²) < 4.78 is 0. The van der Waals surface area contributed by atoms with Crippen molar-refractivity contribution in [3.8, 4) is 0 Å². The molecule has 3 heterocycles. The molecule has 0 bridgehead atoms. The average Bonchev–Trinajstić information content (AvgIpc) is 2.67. The SMILES string of the molecule is CN(C(=O)CCC1CCNCC1)C1CCN(c2cccnn2)CC1. The predicted molar refractivity (Wildman–Crippen MR) is 94.9 cm³/mol. The first-order valence-electron chi connectivity index (χ1n) is 9.23. The lowest BCUT2D eigenvalue weighted by Gasteiger charge is -2.37. The van der Waals surface area contributed by atoms with E-state index in [9.17, 15) is 4.79 Å². The molecule has 6 heteroatoms. The van der Waals surface area contributed by atoms with Gasteiger partial charge in [-0.2, -0.15) is 5.10 Å². The molecule has 6 nitrogen and oxygen atoms in total. The van der Waals surface area contributed by atoms with Crippen LogP contribution in [0.25, 0.3) is 0 Å². The molecule has 0 aliphatic carbocycles. The fourth-order valence-electron chi connectivity index (χ4n) is 3.82. The van der Waals surface area contributed by atoms with Crippen molar-refractivity contribution in [3.63, 3.8) is 0 Å². The van der Waals surface area contributed by atoms with Gasteiger partial charge in [0.05, 0.1) is 0 Å². The molecule has 3 rings (SSSR count). The normalized spacial score (nSPS) is 20.1.